The lowest BCUT2D eigenvalue weighted by Crippen LogP contribution is -1.91. The summed E-state index contributed by atoms with van der Waals surface area (Å²) in [5.41, 5.74) is 5.94. The molecule has 1 fully saturated rings. The van der Waals surface area contributed by atoms with E-state index in [2.05, 4.69) is 47.5 Å². The van der Waals surface area contributed by atoms with Gasteiger partial charge >= 0.3 is 0 Å². The van der Waals surface area contributed by atoms with Gasteiger partial charge < -0.3 is 5.32 Å². The van der Waals surface area contributed by atoms with Crippen LogP contribution >= 0.6 is 0 Å². The SMILES string of the molecule is C1=CC[C@H]2N[C@@H]2c2ccccc2C=1. The Kier molecular flexibility index (Phi) is 1.42. The Bertz CT molecular complexity index is 399. The van der Waals surface area contributed by atoms with Crippen LogP contribution in [0.1, 0.15) is 23.6 Å². The highest BCUT2D eigenvalue weighted by Gasteiger charge is 2.37. The Morgan fingerprint density at radius 1 is 1.31 bits per heavy atom. The summed E-state index contributed by atoms with van der Waals surface area (Å²) < 4.78 is 0. The third-order valence-corrected chi connectivity index (χ3v) is 2.75. The molecular weight excluding hydrogens is 158 g/mol. The maximum atomic E-state index is 3.48. The average molecular weight is 169 g/mol. The summed E-state index contributed by atoms with van der Waals surface area (Å²) in [5, 5.41) is 3.48. The molecule has 0 aromatic heterocycles. The fourth-order valence-electron chi connectivity index (χ4n) is 1.96. The third kappa shape index (κ3) is 1.14. The van der Waals surface area contributed by atoms with Crippen LogP contribution in [0.4, 0.5) is 0 Å². The highest BCUT2D eigenvalue weighted by molar-refractivity contribution is 5.56. The van der Waals surface area contributed by atoms with E-state index in [1.165, 1.54) is 11.1 Å². The zero-order valence-electron chi connectivity index (χ0n) is 7.33. The van der Waals surface area contributed by atoms with Gasteiger partial charge in [-0.2, -0.15) is 0 Å². The molecule has 2 atom stereocenters. The lowest BCUT2D eigenvalue weighted by molar-refractivity contribution is 0.932. The van der Waals surface area contributed by atoms with Crippen LogP contribution in [0.25, 0.3) is 6.08 Å². The molecule has 1 N–H and O–H groups in total. The van der Waals surface area contributed by atoms with Crippen molar-refractivity contribution in [2.45, 2.75) is 18.5 Å². The molecule has 1 aliphatic heterocycles. The molecule has 1 saturated heterocycles. The maximum absolute atomic E-state index is 3.48. The van der Waals surface area contributed by atoms with E-state index in [0.29, 0.717) is 12.1 Å². The van der Waals surface area contributed by atoms with E-state index in [-0.39, 0.29) is 0 Å². The third-order valence-electron chi connectivity index (χ3n) is 2.75. The predicted molar refractivity (Wildman–Crippen MR) is 53.3 cm³/mol. The maximum Gasteiger partial charge on any atom is 0.0488 e. The lowest BCUT2D eigenvalue weighted by atomic mass is 10.00. The van der Waals surface area contributed by atoms with Gasteiger partial charge in [0.15, 0.2) is 0 Å². The summed E-state index contributed by atoms with van der Waals surface area (Å²) in [6, 6.07) is 9.79. The first kappa shape index (κ1) is 7.14. The van der Waals surface area contributed by atoms with E-state index >= 15 is 0 Å². The Morgan fingerprint density at radius 3 is 3.23 bits per heavy atom. The Morgan fingerprint density at radius 2 is 2.23 bits per heavy atom. The molecule has 1 heterocycles. The zero-order chi connectivity index (χ0) is 8.67. The van der Waals surface area contributed by atoms with Gasteiger partial charge in [-0.3, -0.25) is 0 Å². The normalized spacial score (nSPS) is 28.6. The zero-order valence-corrected chi connectivity index (χ0v) is 7.33. The van der Waals surface area contributed by atoms with Crippen molar-refractivity contribution in [2.75, 3.05) is 0 Å². The molecule has 1 nitrogen and oxygen atoms in total. The minimum atomic E-state index is 0.589. The van der Waals surface area contributed by atoms with Gasteiger partial charge in [0.2, 0.25) is 0 Å². The van der Waals surface area contributed by atoms with Gasteiger partial charge in [-0.1, -0.05) is 24.3 Å². The number of nitrogens with one attached hydrogen (secondary N) is 1. The second-order valence-electron chi connectivity index (χ2n) is 3.63. The highest BCUT2D eigenvalue weighted by atomic mass is 15.1. The van der Waals surface area contributed by atoms with Crippen LogP contribution < -0.4 is 5.32 Å². The molecule has 2 aliphatic rings. The quantitative estimate of drug-likeness (QED) is 0.467. The first-order valence-corrected chi connectivity index (χ1v) is 4.71. The van der Waals surface area contributed by atoms with E-state index < -0.39 is 0 Å². The standard InChI is InChI=1S/C12H11N/c1-3-7-10-9(5-1)6-2-4-8-11-12(10)13-11/h1,3-7,11-13H,8H2/t2?,11-,12-/m1/s1. The van der Waals surface area contributed by atoms with Crippen LogP contribution in [0.15, 0.2) is 36.1 Å². The molecule has 1 heteroatoms. The van der Waals surface area contributed by atoms with Crippen LogP contribution in [0.5, 0.6) is 0 Å². The van der Waals surface area contributed by atoms with Gasteiger partial charge in [-0.25, -0.2) is 0 Å². The Balaban J connectivity index is 2.17. The summed E-state index contributed by atoms with van der Waals surface area (Å²) in [7, 11) is 0. The van der Waals surface area contributed by atoms with E-state index in [1.807, 2.05) is 0 Å². The summed E-state index contributed by atoms with van der Waals surface area (Å²) in [5.74, 6) is 0. The minimum Gasteiger partial charge on any atom is -0.304 e. The van der Waals surface area contributed by atoms with Crippen molar-refractivity contribution >= 4 is 6.08 Å². The second kappa shape index (κ2) is 2.59. The fraction of sp³-hybridized carbons (Fsp3) is 0.250. The Hall–Kier alpha value is -1.30. The van der Waals surface area contributed by atoms with E-state index in [1.54, 1.807) is 0 Å². The number of fused-ring (bicyclic) bond motifs is 3. The molecule has 0 amide bonds. The monoisotopic (exact) mass is 169 g/mol. The van der Waals surface area contributed by atoms with Crippen molar-refractivity contribution in [1.82, 2.24) is 5.32 Å². The fourth-order valence-corrected chi connectivity index (χ4v) is 1.96. The molecule has 1 aliphatic carbocycles. The average Bonchev–Trinajstić information content (AvgIpc) is 2.88. The van der Waals surface area contributed by atoms with Crippen molar-refractivity contribution in [2.24, 2.45) is 0 Å². The van der Waals surface area contributed by atoms with Crippen LogP contribution in [0.2, 0.25) is 0 Å². The van der Waals surface area contributed by atoms with Crippen molar-refractivity contribution < 1.29 is 0 Å². The lowest BCUT2D eigenvalue weighted by Gasteiger charge is -2.03. The molecule has 1 aromatic rings. The molecule has 64 valence electrons. The van der Waals surface area contributed by atoms with Gasteiger partial charge in [-0.05, 0) is 29.7 Å². The van der Waals surface area contributed by atoms with Crippen LogP contribution in [0.3, 0.4) is 0 Å². The largest absolute Gasteiger partial charge is 0.304 e. The first-order valence-electron chi connectivity index (χ1n) is 4.71. The van der Waals surface area contributed by atoms with E-state index in [4.69, 9.17) is 0 Å². The van der Waals surface area contributed by atoms with Gasteiger partial charge in [-0.15, -0.1) is 5.73 Å². The van der Waals surface area contributed by atoms with Crippen molar-refractivity contribution in [3.63, 3.8) is 0 Å². The predicted octanol–water partition coefficient (Wildman–Crippen LogP) is 2.27. The molecule has 13 heavy (non-hydrogen) atoms. The smallest absolute Gasteiger partial charge is 0.0488 e. The minimum absolute atomic E-state index is 0.589. The Labute approximate surface area is 77.8 Å². The molecule has 1 aromatic carbocycles. The summed E-state index contributed by atoms with van der Waals surface area (Å²) in [6.45, 7) is 0. The summed E-state index contributed by atoms with van der Waals surface area (Å²) in [6.07, 6.45) is 5.30. The first-order chi connectivity index (χ1) is 6.45. The summed E-state index contributed by atoms with van der Waals surface area (Å²) in [4.78, 5) is 0. The number of rotatable bonds is 0. The van der Waals surface area contributed by atoms with Crippen molar-refractivity contribution in [3.05, 3.63) is 47.2 Å². The van der Waals surface area contributed by atoms with Gasteiger partial charge in [0.1, 0.15) is 0 Å². The molecular formula is C12H11N. The van der Waals surface area contributed by atoms with Crippen LogP contribution in [-0.4, -0.2) is 6.04 Å². The second-order valence-corrected chi connectivity index (χ2v) is 3.63. The summed E-state index contributed by atoms with van der Waals surface area (Å²) >= 11 is 0. The van der Waals surface area contributed by atoms with Gasteiger partial charge in [0.05, 0.1) is 0 Å². The number of hydrogen-bond acceptors (Lipinski definition) is 1. The van der Waals surface area contributed by atoms with Crippen molar-refractivity contribution in [1.29, 1.82) is 0 Å². The molecule has 0 bridgehead atoms. The number of hydrogen-bond donors (Lipinski definition) is 1. The topological polar surface area (TPSA) is 21.9 Å². The highest BCUT2D eigenvalue weighted by Crippen LogP contribution is 2.35. The number of benzene rings is 1. The molecule has 0 radical (unpaired) electrons. The molecule has 0 saturated carbocycles. The van der Waals surface area contributed by atoms with Crippen LogP contribution in [0, 0.1) is 0 Å². The molecule has 0 spiro atoms. The molecule has 3 rings (SSSR count). The van der Waals surface area contributed by atoms with Crippen LogP contribution in [-0.2, 0) is 0 Å². The van der Waals surface area contributed by atoms with Gasteiger partial charge in [0.25, 0.3) is 0 Å². The molecule has 0 unspecified atom stereocenters. The van der Waals surface area contributed by atoms with Crippen molar-refractivity contribution in [3.8, 4) is 0 Å². The van der Waals surface area contributed by atoms with E-state index in [9.17, 15) is 0 Å². The van der Waals surface area contributed by atoms with Gasteiger partial charge in [0, 0.05) is 12.1 Å². The van der Waals surface area contributed by atoms with E-state index in [0.717, 1.165) is 6.42 Å².